The molecule has 2 rings (SSSR count). The van der Waals surface area contributed by atoms with Crippen LogP contribution in [0.5, 0.6) is 0 Å². The van der Waals surface area contributed by atoms with Gasteiger partial charge in [-0.05, 0) is 41.3 Å². The van der Waals surface area contributed by atoms with E-state index in [2.05, 4.69) is 35.6 Å². The van der Waals surface area contributed by atoms with Gasteiger partial charge in [0.2, 0.25) is 0 Å². The third-order valence-corrected chi connectivity index (χ3v) is 6.22. The predicted octanol–water partition coefficient (Wildman–Crippen LogP) is 4.02. The quantitative estimate of drug-likeness (QED) is 0.345. The maximum atomic E-state index is 12.0. The number of carbonyl (C=O) groups excluding carboxylic acids is 2. The molecule has 2 N–H and O–H groups in total. The average molecular weight is 480 g/mol. The van der Waals surface area contributed by atoms with Crippen LogP contribution in [0.1, 0.15) is 26.3 Å². The molecule has 0 saturated carbocycles. The lowest BCUT2D eigenvalue weighted by atomic mass is 9.87. The first-order chi connectivity index (χ1) is 14.8. The number of carbonyl (C=O) groups is 2. The van der Waals surface area contributed by atoms with Crippen molar-refractivity contribution in [1.29, 1.82) is 0 Å². The van der Waals surface area contributed by atoms with Crippen LogP contribution >= 0.6 is 11.8 Å². The minimum Gasteiger partial charge on any atom is -0.466 e. The van der Waals surface area contributed by atoms with Crippen molar-refractivity contribution in [1.82, 2.24) is 0 Å². The Bertz CT molecular complexity index is 1130. The van der Waals surface area contributed by atoms with E-state index in [1.165, 1.54) is 23.9 Å². The van der Waals surface area contributed by atoms with Gasteiger partial charge in [0.15, 0.2) is 0 Å². The molecule has 0 bridgehead atoms. The van der Waals surface area contributed by atoms with Crippen molar-refractivity contribution < 1.29 is 32.0 Å². The van der Waals surface area contributed by atoms with E-state index in [0.717, 1.165) is 30.8 Å². The summed E-state index contributed by atoms with van der Waals surface area (Å²) < 4.78 is 42.8. The van der Waals surface area contributed by atoms with Gasteiger partial charge >= 0.3 is 11.9 Å². The predicted molar refractivity (Wildman–Crippen MR) is 121 cm³/mol. The highest BCUT2D eigenvalue weighted by Gasteiger charge is 2.21. The molecule has 0 aliphatic rings. The minimum atomic E-state index is -4.66. The normalized spacial score (nSPS) is 12.2. The van der Waals surface area contributed by atoms with E-state index in [4.69, 9.17) is 0 Å². The lowest BCUT2D eigenvalue weighted by molar-refractivity contribution is -0.138. The Labute approximate surface area is 191 Å². The molecular weight excluding hydrogens is 454 g/mol. The second kappa shape index (κ2) is 10.2. The summed E-state index contributed by atoms with van der Waals surface area (Å²) in [5.41, 5.74) is 0.694. The van der Waals surface area contributed by atoms with Crippen LogP contribution in [0.4, 0.5) is 5.69 Å². The highest BCUT2D eigenvalue weighted by Crippen LogP contribution is 2.34. The fraction of sp³-hybridized carbons (Fsp3) is 0.273. The van der Waals surface area contributed by atoms with Gasteiger partial charge in [-0.3, -0.25) is 4.55 Å². The molecule has 0 aliphatic heterocycles. The van der Waals surface area contributed by atoms with Crippen molar-refractivity contribution >= 4 is 39.5 Å². The minimum absolute atomic E-state index is 0.00368. The number of benzene rings is 2. The number of esters is 2. The summed E-state index contributed by atoms with van der Waals surface area (Å²) in [6.45, 7) is 6.32. The zero-order valence-corrected chi connectivity index (χ0v) is 20.0. The molecule has 2 aromatic carbocycles. The molecule has 0 unspecified atom stereocenters. The number of ether oxygens (including phenoxy) is 2. The van der Waals surface area contributed by atoms with Crippen LogP contribution in [0.2, 0.25) is 0 Å². The van der Waals surface area contributed by atoms with E-state index >= 15 is 0 Å². The van der Waals surface area contributed by atoms with Crippen LogP contribution in [0.3, 0.4) is 0 Å². The Morgan fingerprint density at radius 1 is 1.00 bits per heavy atom. The summed E-state index contributed by atoms with van der Waals surface area (Å²) in [6.07, 6.45) is 0.818. The van der Waals surface area contributed by atoms with Crippen LogP contribution in [0.25, 0.3) is 0 Å². The molecule has 172 valence electrons. The fourth-order valence-corrected chi connectivity index (χ4v) is 4.22. The lowest BCUT2D eigenvalue weighted by Gasteiger charge is -2.19. The number of hydrogen-bond donors (Lipinski definition) is 2. The highest BCUT2D eigenvalue weighted by molar-refractivity contribution is 7.99. The standard InChI is InChI=1S/C22H25NO7S2/c1-22(2,3)14-6-8-15(9-7-14)31-16-10-11-17(19(12-16)32(26,27)28)23-18(21(25)30-5)13-20(24)29-4/h6-13,23H,1-5H3,(H,26,27,28)/b18-13+. The molecule has 0 saturated heterocycles. The van der Waals surface area contributed by atoms with Gasteiger partial charge in [-0.25, -0.2) is 9.59 Å². The molecule has 0 heterocycles. The summed E-state index contributed by atoms with van der Waals surface area (Å²) in [4.78, 5) is 24.5. The highest BCUT2D eigenvalue weighted by atomic mass is 32.2. The third-order valence-electron chi connectivity index (χ3n) is 4.33. The number of anilines is 1. The van der Waals surface area contributed by atoms with E-state index in [0.29, 0.717) is 4.90 Å². The summed E-state index contributed by atoms with van der Waals surface area (Å²) in [5, 5.41) is 2.52. The van der Waals surface area contributed by atoms with Gasteiger partial charge in [0.1, 0.15) is 10.6 Å². The van der Waals surface area contributed by atoms with E-state index in [-0.39, 0.29) is 16.8 Å². The first-order valence-corrected chi connectivity index (χ1v) is 11.7. The lowest BCUT2D eigenvalue weighted by Crippen LogP contribution is -2.17. The number of hydrogen-bond acceptors (Lipinski definition) is 8. The molecule has 0 aliphatic carbocycles. The fourth-order valence-electron chi connectivity index (χ4n) is 2.62. The van der Waals surface area contributed by atoms with Crippen molar-refractivity contribution in [3.8, 4) is 0 Å². The Kier molecular flexibility index (Phi) is 8.11. The number of nitrogens with one attached hydrogen (secondary N) is 1. The maximum absolute atomic E-state index is 12.0. The molecule has 0 aromatic heterocycles. The average Bonchev–Trinajstić information content (AvgIpc) is 2.72. The number of methoxy groups -OCH3 is 2. The van der Waals surface area contributed by atoms with Crippen molar-refractivity contribution in [2.45, 2.75) is 40.9 Å². The molecule has 0 spiro atoms. The molecule has 8 nitrogen and oxygen atoms in total. The second-order valence-corrected chi connectivity index (χ2v) is 10.2. The molecule has 10 heteroatoms. The van der Waals surface area contributed by atoms with Crippen molar-refractivity contribution in [3.63, 3.8) is 0 Å². The van der Waals surface area contributed by atoms with Crippen LogP contribution in [-0.2, 0) is 34.6 Å². The molecule has 0 amide bonds. The second-order valence-electron chi connectivity index (χ2n) is 7.71. The molecule has 0 radical (unpaired) electrons. The Balaban J connectivity index is 2.40. The smallest absolute Gasteiger partial charge is 0.354 e. The monoisotopic (exact) mass is 479 g/mol. The molecular formula is C22H25NO7S2. The van der Waals surface area contributed by atoms with E-state index in [1.54, 1.807) is 6.07 Å². The SMILES string of the molecule is COC(=O)/C=C(/Nc1ccc(Sc2ccc(C(C)(C)C)cc2)cc1S(=O)(=O)O)C(=O)OC. The van der Waals surface area contributed by atoms with Crippen LogP contribution in [0, 0.1) is 0 Å². The maximum Gasteiger partial charge on any atom is 0.354 e. The molecule has 0 fully saturated rings. The molecule has 0 atom stereocenters. The van der Waals surface area contributed by atoms with Crippen molar-refractivity contribution in [2.75, 3.05) is 19.5 Å². The van der Waals surface area contributed by atoms with Gasteiger partial charge in [-0.2, -0.15) is 8.42 Å². The topological polar surface area (TPSA) is 119 Å². The Morgan fingerprint density at radius 3 is 2.09 bits per heavy atom. The summed E-state index contributed by atoms with van der Waals surface area (Å²) in [5.74, 6) is -1.77. The first kappa shape index (κ1) is 25.4. The van der Waals surface area contributed by atoms with Crippen molar-refractivity contribution in [2.24, 2.45) is 0 Å². The van der Waals surface area contributed by atoms with Gasteiger partial charge in [-0.1, -0.05) is 44.7 Å². The van der Waals surface area contributed by atoms with Gasteiger partial charge < -0.3 is 14.8 Å². The third kappa shape index (κ3) is 6.84. The van der Waals surface area contributed by atoms with Gasteiger partial charge in [0.05, 0.1) is 26.0 Å². The zero-order valence-electron chi connectivity index (χ0n) is 18.3. The number of rotatable bonds is 7. The zero-order chi connectivity index (χ0) is 24.1. The van der Waals surface area contributed by atoms with Gasteiger partial charge in [0.25, 0.3) is 10.1 Å². The van der Waals surface area contributed by atoms with E-state index < -0.39 is 27.0 Å². The molecule has 32 heavy (non-hydrogen) atoms. The summed E-state index contributed by atoms with van der Waals surface area (Å²) in [6, 6.07) is 12.1. The van der Waals surface area contributed by atoms with Crippen LogP contribution < -0.4 is 5.32 Å². The summed E-state index contributed by atoms with van der Waals surface area (Å²) in [7, 11) is -2.43. The van der Waals surface area contributed by atoms with Gasteiger partial charge in [-0.15, -0.1) is 0 Å². The Hall–Kier alpha value is -2.82. The van der Waals surface area contributed by atoms with Crippen molar-refractivity contribution in [3.05, 3.63) is 59.8 Å². The van der Waals surface area contributed by atoms with E-state index in [1.807, 2.05) is 24.3 Å². The Morgan fingerprint density at radius 2 is 1.59 bits per heavy atom. The summed E-state index contributed by atoms with van der Waals surface area (Å²) >= 11 is 1.31. The molecule has 2 aromatic rings. The van der Waals surface area contributed by atoms with Crippen LogP contribution in [0.15, 0.2) is 68.9 Å². The first-order valence-electron chi connectivity index (χ1n) is 9.40. The van der Waals surface area contributed by atoms with Gasteiger partial charge in [0, 0.05) is 9.79 Å². The largest absolute Gasteiger partial charge is 0.466 e. The van der Waals surface area contributed by atoms with E-state index in [9.17, 15) is 22.6 Å². The van der Waals surface area contributed by atoms with Crippen LogP contribution in [-0.4, -0.2) is 39.1 Å².